The van der Waals surface area contributed by atoms with Crippen molar-refractivity contribution in [2.24, 2.45) is 0 Å². The van der Waals surface area contributed by atoms with Gasteiger partial charge in [0.15, 0.2) is 0 Å². The van der Waals surface area contributed by atoms with Gasteiger partial charge in [-0.2, -0.15) is 4.98 Å². The molecule has 0 saturated heterocycles. The van der Waals surface area contributed by atoms with Gasteiger partial charge in [0.2, 0.25) is 5.88 Å². The lowest BCUT2D eigenvalue weighted by Gasteiger charge is -2.18. The molecule has 0 saturated carbocycles. The molecule has 0 aliphatic rings. The predicted octanol–water partition coefficient (Wildman–Crippen LogP) is 3.67. The van der Waals surface area contributed by atoms with E-state index >= 15 is 0 Å². The normalized spacial score (nSPS) is 10.9. The highest BCUT2D eigenvalue weighted by atomic mass is 19.1. The van der Waals surface area contributed by atoms with Crippen molar-refractivity contribution in [1.29, 1.82) is 0 Å². The van der Waals surface area contributed by atoms with Crippen LogP contribution in [0.5, 0.6) is 11.6 Å². The summed E-state index contributed by atoms with van der Waals surface area (Å²) in [6.07, 6.45) is 1.62. The van der Waals surface area contributed by atoms with Crippen molar-refractivity contribution in [3.63, 3.8) is 0 Å². The average Bonchev–Trinajstić information content (AvgIpc) is 2.77. The van der Waals surface area contributed by atoms with Gasteiger partial charge in [0.1, 0.15) is 24.8 Å². The average molecular weight is 411 g/mol. The minimum absolute atomic E-state index is 0.205. The fraction of sp³-hybridized carbons (Fsp3) is 0.304. The van der Waals surface area contributed by atoms with Crippen LogP contribution in [0.1, 0.15) is 19.4 Å². The van der Waals surface area contributed by atoms with Gasteiger partial charge < -0.3 is 14.4 Å². The maximum absolute atomic E-state index is 12.9. The number of hydrogen-bond acceptors (Lipinski definition) is 5. The van der Waals surface area contributed by atoms with Crippen molar-refractivity contribution in [2.75, 3.05) is 26.2 Å². The summed E-state index contributed by atoms with van der Waals surface area (Å²) < 4.78 is 25.7. The van der Waals surface area contributed by atoms with Crippen LogP contribution in [0.25, 0.3) is 5.69 Å². The third kappa shape index (κ3) is 5.90. The van der Waals surface area contributed by atoms with Crippen molar-refractivity contribution >= 4 is 0 Å². The zero-order valence-corrected chi connectivity index (χ0v) is 17.3. The molecule has 0 unspecified atom stereocenters. The van der Waals surface area contributed by atoms with E-state index in [1.807, 2.05) is 24.3 Å². The molecule has 0 fully saturated rings. The Balaban J connectivity index is 1.59. The number of benzene rings is 2. The smallest absolute Gasteiger partial charge is 0.355 e. The van der Waals surface area contributed by atoms with Gasteiger partial charge in [-0.1, -0.05) is 26.0 Å². The van der Waals surface area contributed by atoms with E-state index < -0.39 is 5.69 Å². The molecule has 0 bridgehead atoms. The van der Waals surface area contributed by atoms with E-state index in [-0.39, 0.29) is 18.3 Å². The highest BCUT2D eigenvalue weighted by Crippen LogP contribution is 2.15. The molecule has 0 N–H and O–H groups in total. The molecule has 0 spiro atoms. The first-order valence-electron chi connectivity index (χ1n) is 10.0. The van der Waals surface area contributed by atoms with Crippen LogP contribution in [0.3, 0.4) is 0 Å². The summed E-state index contributed by atoms with van der Waals surface area (Å²) in [5.41, 5.74) is 1.04. The van der Waals surface area contributed by atoms with E-state index in [9.17, 15) is 9.18 Å². The summed E-state index contributed by atoms with van der Waals surface area (Å²) in [7, 11) is 0. The zero-order valence-electron chi connectivity index (χ0n) is 17.3. The van der Waals surface area contributed by atoms with Gasteiger partial charge in [0.05, 0.1) is 5.69 Å². The molecule has 1 heterocycles. The molecular weight excluding hydrogens is 385 g/mol. The number of hydrogen-bond donors (Lipinski definition) is 0. The number of nitrogens with zero attached hydrogens (tertiary/aromatic N) is 3. The second-order valence-corrected chi connectivity index (χ2v) is 6.70. The molecule has 3 aromatic rings. The van der Waals surface area contributed by atoms with Crippen molar-refractivity contribution in [1.82, 2.24) is 14.5 Å². The number of halogens is 1. The third-order valence-electron chi connectivity index (χ3n) is 4.76. The number of likely N-dealkylation sites (N-methyl/N-ethyl adjacent to an activating group) is 1. The van der Waals surface area contributed by atoms with E-state index in [4.69, 9.17) is 9.47 Å². The Morgan fingerprint density at radius 1 is 0.967 bits per heavy atom. The molecule has 0 aliphatic heterocycles. The molecule has 6 nitrogen and oxygen atoms in total. The monoisotopic (exact) mass is 411 g/mol. The van der Waals surface area contributed by atoms with Gasteiger partial charge in [0, 0.05) is 18.8 Å². The quantitative estimate of drug-likeness (QED) is 0.510. The minimum atomic E-state index is -0.443. The second-order valence-electron chi connectivity index (χ2n) is 6.70. The Morgan fingerprint density at radius 3 is 2.30 bits per heavy atom. The van der Waals surface area contributed by atoms with Gasteiger partial charge >= 0.3 is 5.69 Å². The van der Waals surface area contributed by atoms with Crippen molar-refractivity contribution < 1.29 is 13.9 Å². The van der Waals surface area contributed by atoms with Crippen LogP contribution in [0, 0.1) is 5.82 Å². The summed E-state index contributed by atoms with van der Waals surface area (Å²) in [6.45, 7) is 7.94. The Hall–Kier alpha value is -3.19. The fourth-order valence-electron chi connectivity index (χ4n) is 2.94. The number of ether oxygens (including phenoxy) is 2. The van der Waals surface area contributed by atoms with E-state index in [1.54, 1.807) is 24.4 Å². The maximum atomic E-state index is 12.9. The van der Waals surface area contributed by atoms with Gasteiger partial charge in [0.25, 0.3) is 0 Å². The molecule has 0 radical (unpaired) electrons. The van der Waals surface area contributed by atoms with E-state index in [0.717, 1.165) is 30.9 Å². The van der Waals surface area contributed by atoms with Crippen molar-refractivity contribution in [2.45, 2.75) is 20.5 Å². The standard InChI is InChI=1S/C23H26FN3O3/c1-3-26(4-2)15-16-29-21-11-9-20(10-12-21)27-14-13-22(25-23(27)28)30-17-18-5-7-19(24)8-6-18/h5-14H,3-4,15-17H2,1-2H3. The Morgan fingerprint density at radius 2 is 1.67 bits per heavy atom. The molecule has 1 aromatic heterocycles. The predicted molar refractivity (Wildman–Crippen MR) is 114 cm³/mol. The van der Waals surface area contributed by atoms with Crippen molar-refractivity contribution in [3.8, 4) is 17.3 Å². The Bertz CT molecular complexity index is 984. The Kier molecular flexibility index (Phi) is 7.57. The van der Waals surface area contributed by atoms with Crippen LogP contribution in [-0.2, 0) is 6.61 Å². The van der Waals surface area contributed by atoms with Crippen LogP contribution in [0.2, 0.25) is 0 Å². The number of rotatable bonds is 10. The first-order valence-corrected chi connectivity index (χ1v) is 10.0. The highest BCUT2D eigenvalue weighted by molar-refractivity contribution is 5.37. The summed E-state index contributed by atoms with van der Waals surface area (Å²) in [5, 5.41) is 0. The zero-order chi connectivity index (χ0) is 21.3. The molecule has 30 heavy (non-hydrogen) atoms. The van der Waals surface area contributed by atoms with Crippen LogP contribution >= 0.6 is 0 Å². The molecule has 0 atom stereocenters. The summed E-state index contributed by atoms with van der Waals surface area (Å²) in [5.74, 6) is 0.669. The SMILES string of the molecule is CCN(CC)CCOc1ccc(-n2ccc(OCc3ccc(F)cc3)nc2=O)cc1. The largest absolute Gasteiger partial charge is 0.492 e. The number of aromatic nitrogens is 2. The van der Waals surface area contributed by atoms with E-state index in [0.29, 0.717) is 12.3 Å². The molecular formula is C23H26FN3O3. The molecule has 0 aliphatic carbocycles. The lowest BCUT2D eigenvalue weighted by molar-refractivity contribution is 0.223. The first-order chi connectivity index (χ1) is 14.6. The third-order valence-corrected chi connectivity index (χ3v) is 4.76. The lowest BCUT2D eigenvalue weighted by atomic mass is 10.2. The fourth-order valence-corrected chi connectivity index (χ4v) is 2.94. The van der Waals surface area contributed by atoms with Crippen LogP contribution < -0.4 is 15.2 Å². The van der Waals surface area contributed by atoms with Crippen LogP contribution in [0.15, 0.2) is 65.6 Å². The van der Waals surface area contributed by atoms with Gasteiger partial charge in [-0.05, 0) is 55.1 Å². The van der Waals surface area contributed by atoms with Crippen LogP contribution in [0.4, 0.5) is 4.39 Å². The highest BCUT2D eigenvalue weighted by Gasteiger charge is 2.05. The molecule has 158 valence electrons. The van der Waals surface area contributed by atoms with Gasteiger partial charge in [-0.3, -0.25) is 4.57 Å². The minimum Gasteiger partial charge on any atom is -0.492 e. The molecule has 0 amide bonds. The van der Waals surface area contributed by atoms with Crippen LogP contribution in [-0.4, -0.2) is 40.7 Å². The second kappa shape index (κ2) is 10.5. The Labute approximate surface area is 175 Å². The first kappa shape index (κ1) is 21.5. The summed E-state index contributed by atoms with van der Waals surface area (Å²) in [4.78, 5) is 18.6. The molecule has 7 heteroatoms. The lowest BCUT2D eigenvalue weighted by Crippen LogP contribution is -2.27. The van der Waals surface area contributed by atoms with Gasteiger partial charge in [-0.25, -0.2) is 9.18 Å². The molecule has 2 aromatic carbocycles. The molecule has 3 rings (SSSR count). The maximum Gasteiger partial charge on any atom is 0.355 e. The van der Waals surface area contributed by atoms with Crippen molar-refractivity contribution in [3.05, 3.63) is 82.7 Å². The topological polar surface area (TPSA) is 56.6 Å². The van der Waals surface area contributed by atoms with E-state index in [2.05, 4.69) is 23.7 Å². The van der Waals surface area contributed by atoms with Gasteiger partial charge in [-0.15, -0.1) is 0 Å². The van der Waals surface area contributed by atoms with E-state index in [1.165, 1.54) is 16.7 Å². The summed E-state index contributed by atoms with van der Waals surface area (Å²) >= 11 is 0. The summed E-state index contributed by atoms with van der Waals surface area (Å²) in [6, 6.07) is 14.9.